The maximum atomic E-state index is 12.8. The van der Waals surface area contributed by atoms with Crippen LogP contribution in [0.2, 0.25) is 0 Å². The largest absolute Gasteiger partial charge is 0.472 e. The molecule has 12 heteroatoms. The van der Waals surface area contributed by atoms with Gasteiger partial charge in [0.1, 0.15) is 12.7 Å². The Labute approximate surface area is 422 Å². The van der Waals surface area contributed by atoms with E-state index in [9.17, 15) is 28.9 Å². The van der Waals surface area contributed by atoms with Crippen molar-refractivity contribution in [2.75, 3.05) is 26.4 Å². The van der Waals surface area contributed by atoms with Crippen molar-refractivity contribution in [3.05, 3.63) is 158 Å². The van der Waals surface area contributed by atoms with Crippen LogP contribution in [0.5, 0.6) is 0 Å². The molecule has 11 nitrogen and oxygen atoms in total. The molecule has 2 N–H and O–H groups in total. The normalized spacial score (nSPS) is 14.8. The molecule has 0 radical (unpaired) electrons. The number of ether oxygens (including phenoxy) is 3. The Morgan fingerprint density at radius 2 is 0.700 bits per heavy atom. The highest BCUT2D eigenvalue weighted by molar-refractivity contribution is 7.47. The fourth-order valence-electron chi connectivity index (χ4n) is 5.71. The third-order valence-electron chi connectivity index (χ3n) is 9.45. The SMILES string of the molecule is CC/C=C\C/C=C\C/C=C\C/C=C\C/C=C\CCCC(=O)OC(COC(=O)CC/C=C\C/C=C\C/C=C\C/C=C\CC)COP(=O)(O)OCC(CO)OC(=O)CC/C=C\C/C=C\C/C=C\C/C=C\CC. The van der Waals surface area contributed by atoms with Crippen LogP contribution in [0.3, 0.4) is 0 Å². The van der Waals surface area contributed by atoms with Crippen LogP contribution in [0.25, 0.3) is 0 Å². The van der Waals surface area contributed by atoms with E-state index in [0.29, 0.717) is 25.7 Å². The lowest BCUT2D eigenvalue weighted by Gasteiger charge is -2.21. The minimum Gasteiger partial charge on any atom is -0.462 e. The molecule has 0 rings (SSSR count). The van der Waals surface area contributed by atoms with Crippen LogP contribution in [0, 0.1) is 0 Å². The molecule has 0 aromatic heterocycles. The smallest absolute Gasteiger partial charge is 0.462 e. The molecule has 0 aliphatic carbocycles. The van der Waals surface area contributed by atoms with E-state index in [1.807, 2.05) is 42.5 Å². The van der Waals surface area contributed by atoms with Gasteiger partial charge in [-0.25, -0.2) is 4.57 Å². The van der Waals surface area contributed by atoms with Gasteiger partial charge >= 0.3 is 25.7 Å². The van der Waals surface area contributed by atoms with E-state index in [4.69, 9.17) is 23.3 Å². The van der Waals surface area contributed by atoms with Gasteiger partial charge in [0.15, 0.2) is 6.10 Å². The molecule has 0 bridgehead atoms. The summed E-state index contributed by atoms with van der Waals surface area (Å²) >= 11 is 0. The van der Waals surface area contributed by atoms with Crippen molar-refractivity contribution in [3.8, 4) is 0 Å². The quantitative estimate of drug-likeness (QED) is 0.0197. The Bertz CT molecular complexity index is 1770. The van der Waals surface area contributed by atoms with Crippen LogP contribution in [-0.2, 0) is 42.2 Å². The zero-order valence-corrected chi connectivity index (χ0v) is 43.5. The average molecular weight is 991 g/mol. The first kappa shape index (κ1) is 65.1. The number of aliphatic hydroxyl groups excluding tert-OH is 1. The first-order chi connectivity index (χ1) is 34.2. The molecule has 390 valence electrons. The molecule has 0 spiro atoms. The number of rotatable bonds is 44. The molecule has 70 heavy (non-hydrogen) atoms. The Balaban J connectivity index is 5.01. The summed E-state index contributed by atoms with van der Waals surface area (Å²) in [6.07, 6.45) is 65.5. The average Bonchev–Trinajstić information content (AvgIpc) is 3.35. The maximum Gasteiger partial charge on any atom is 0.472 e. The Kier molecular flexibility index (Phi) is 47.0. The highest BCUT2D eigenvalue weighted by Crippen LogP contribution is 2.43. The third kappa shape index (κ3) is 48.1. The zero-order valence-electron chi connectivity index (χ0n) is 42.7. The second-order valence-electron chi connectivity index (χ2n) is 15.8. The standard InChI is InChI=1S/C58H87O11P/c1-4-7-10-13-16-19-22-25-26-27-28-31-34-37-40-43-46-49-58(62)69-55(51-65-56(60)47-44-41-38-35-32-29-23-20-17-14-11-8-5-2)53-67-70(63,64)66-52-54(50-59)68-57(61)48-45-42-39-36-33-30-24-21-18-15-12-9-6-3/h7-12,16-21,25-26,28-33,37-42,54-55,59H,4-6,13-15,22-24,27,34-36,43-53H2,1-3H3,(H,63,64)/b10-7-,11-8-,12-9-,19-16-,20-17-,21-18-,26-25-,31-28-,32-29-,33-30-,40-37-,41-38-,42-39-. The molecule has 0 saturated carbocycles. The zero-order chi connectivity index (χ0) is 51.3. The summed E-state index contributed by atoms with van der Waals surface area (Å²) in [6, 6.07) is 0. The molecule has 0 aromatic rings. The van der Waals surface area contributed by atoms with Crippen LogP contribution < -0.4 is 0 Å². The summed E-state index contributed by atoms with van der Waals surface area (Å²) in [6.45, 7) is 4.00. The van der Waals surface area contributed by atoms with Crippen LogP contribution in [0.1, 0.15) is 149 Å². The first-order valence-electron chi connectivity index (χ1n) is 25.4. The molecule has 0 aliphatic rings. The van der Waals surface area contributed by atoms with E-state index >= 15 is 0 Å². The molecule has 0 aromatic carbocycles. The fraction of sp³-hybridized carbons (Fsp3) is 0.500. The summed E-state index contributed by atoms with van der Waals surface area (Å²) < 4.78 is 39.1. The van der Waals surface area contributed by atoms with Crippen LogP contribution in [0.15, 0.2) is 158 Å². The second-order valence-corrected chi connectivity index (χ2v) is 17.3. The highest BCUT2D eigenvalue weighted by Gasteiger charge is 2.28. The van der Waals surface area contributed by atoms with E-state index in [2.05, 4.69) is 136 Å². The Morgan fingerprint density at radius 1 is 0.400 bits per heavy atom. The van der Waals surface area contributed by atoms with Crippen molar-refractivity contribution in [2.24, 2.45) is 0 Å². The number of phosphoric ester groups is 1. The summed E-state index contributed by atoms with van der Waals surface area (Å²) in [4.78, 5) is 48.2. The van der Waals surface area contributed by atoms with E-state index in [1.54, 1.807) is 0 Å². The van der Waals surface area contributed by atoms with Gasteiger partial charge in [0.05, 0.1) is 19.8 Å². The van der Waals surface area contributed by atoms with Crippen molar-refractivity contribution in [2.45, 2.75) is 161 Å². The van der Waals surface area contributed by atoms with Crippen molar-refractivity contribution < 1.29 is 52.2 Å². The topological polar surface area (TPSA) is 155 Å². The summed E-state index contributed by atoms with van der Waals surface area (Å²) in [7, 11) is -4.80. The summed E-state index contributed by atoms with van der Waals surface area (Å²) in [5, 5.41) is 9.75. The van der Waals surface area contributed by atoms with Gasteiger partial charge in [-0.05, 0) is 109 Å². The number of carbonyl (C=O) groups is 3. The lowest BCUT2D eigenvalue weighted by molar-refractivity contribution is -0.161. The van der Waals surface area contributed by atoms with Gasteiger partial charge in [-0.1, -0.05) is 179 Å². The molecular weight excluding hydrogens is 904 g/mol. The Hall–Kier alpha value is -4.90. The summed E-state index contributed by atoms with van der Waals surface area (Å²) in [5.74, 6) is -1.75. The van der Waals surface area contributed by atoms with Gasteiger partial charge in [-0.2, -0.15) is 0 Å². The molecule has 0 amide bonds. The van der Waals surface area contributed by atoms with Gasteiger partial charge in [-0.15, -0.1) is 0 Å². The van der Waals surface area contributed by atoms with Gasteiger partial charge < -0.3 is 24.2 Å². The Morgan fingerprint density at radius 3 is 1.07 bits per heavy atom. The van der Waals surface area contributed by atoms with E-state index < -0.39 is 64.4 Å². The van der Waals surface area contributed by atoms with Gasteiger partial charge in [0.25, 0.3) is 0 Å². The lowest BCUT2D eigenvalue weighted by atomic mass is 10.2. The van der Waals surface area contributed by atoms with Gasteiger partial charge in [-0.3, -0.25) is 23.4 Å². The fourth-order valence-corrected chi connectivity index (χ4v) is 6.49. The van der Waals surface area contributed by atoms with Crippen LogP contribution in [0.4, 0.5) is 0 Å². The van der Waals surface area contributed by atoms with E-state index in [0.717, 1.165) is 83.5 Å². The highest BCUT2D eigenvalue weighted by atomic mass is 31.2. The maximum absolute atomic E-state index is 12.8. The minimum atomic E-state index is -4.80. The lowest BCUT2D eigenvalue weighted by Crippen LogP contribution is -2.30. The van der Waals surface area contributed by atoms with Crippen molar-refractivity contribution in [3.63, 3.8) is 0 Å². The molecule has 0 aliphatic heterocycles. The number of hydrogen-bond acceptors (Lipinski definition) is 10. The van der Waals surface area contributed by atoms with Crippen LogP contribution >= 0.6 is 7.82 Å². The predicted octanol–water partition coefficient (Wildman–Crippen LogP) is 14.6. The van der Waals surface area contributed by atoms with Crippen molar-refractivity contribution >= 4 is 25.7 Å². The number of carbonyl (C=O) groups excluding carboxylic acids is 3. The minimum absolute atomic E-state index is 0.0372. The van der Waals surface area contributed by atoms with Gasteiger partial charge in [0.2, 0.25) is 0 Å². The monoisotopic (exact) mass is 991 g/mol. The molecule has 0 saturated heterocycles. The molecular formula is C58H87O11P. The second kappa shape index (κ2) is 50.5. The number of phosphoric acid groups is 1. The van der Waals surface area contributed by atoms with Crippen LogP contribution in [-0.4, -0.2) is 66.5 Å². The number of aliphatic hydroxyl groups is 1. The summed E-state index contributed by atoms with van der Waals surface area (Å²) in [5.41, 5.74) is 0. The third-order valence-corrected chi connectivity index (χ3v) is 10.4. The molecule has 0 heterocycles. The molecule has 3 atom stereocenters. The van der Waals surface area contributed by atoms with E-state index in [1.165, 1.54) is 0 Å². The first-order valence-corrected chi connectivity index (χ1v) is 26.9. The number of allylic oxidation sites excluding steroid dienone is 26. The predicted molar refractivity (Wildman–Crippen MR) is 288 cm³/mol. The molecule has 0 fully saturated rings. The van der Waals surface area contributed by atoms with Crippen molar-refractivity contribution in [1.29, 1.82) is 0 Å². The van der Waals surface area contributed by atoms with Gasteiger partial charge in [0, 0.05) is 19.3 Å². The molecule has 3 unspecified atom stereocenters. The number of hydrogen-bond donors (Lipinski definition) is 2. The number of esters is 3. The van der Waals surface area contributed by atoms with E-state index in [-0.39, 0.29) is 19.3 Å². The van der Waals surface area contributed by atoms with Crippen molar-refractivity contribution in [1.82, 2.24) is 0 Å². The number of unbranched alkanes of at least 4 members (excludes halogenated alkanes) is 1.